The molecule has 2 aromatic heterocycles. The number of fused-ring (bicyclic) bond motifs is 1. The molecule has 0 fully saturated rings. The van der Waals surface area contributed by atoms with Crippen LogP contribution in [0.15, 0.2) is 26.4 Å². The monoisotopic (exact) mass is 367 g/mol. The molecule has 0 atom stereocenters. The average Bonchev–Trinajstić information content (AvgIpc) is 2.90. The highest BCUT2D eigenvalue weighted by Crippen LogP contribution is 2.25. The number of hydrogen-bond donors (Lipinski definition) is 1. The maximum atomic E-state index is 12.3. The van der Waals surface area contributed by atoms with E-state index in [0.29, 0.717) is 31.5 Å². The highest BCUT2D eigenvalue weighted by molar-refractivity contribution is 9.11. The van der Waals surface area contributed by atoms with Gasteiger partial charge in [0, 0.05) is 18.5 Å². The van der Waals surface area contributed by atoms with Gasteiger partial charge in [-0.2, -0.15) is 0 Å². The number of aromatic amines is 1. The van der Waals surface area contributed by atoms with E-state index in [1.165, 1.54) is 11.9 Å². The largest absolute Gasteiger partial charge is 0.336 e. The lowest BCUT2D eigenvalue weighted by Crippen LogP contribution is -2.39. The number of aryl methyl sites for hydroxylation is 1. The van der Waals surface area contributed by atoms with Crippen molar-refractivity contribution in [1.29, 1.82) is 0 Å². The van der Waals surface area contributed by atoms with Crippen LogP contribution < -0.4 is 5.56 Å². The number of H-pyrrole nitrogens is 1. The molecule has 1 amide bonds. The number of thiophene rings is 1. The van der Waals surface area contributed by atoms with Crippen LogP contribution in [0.2, 0.25) is 0 Å². The fourth-order valence-electron chi connectivity index (χ4n) is 2.48. The van der Waals surface area contributed by atoms with Gasteiger partial charge in [0.25, 0.3) is 5.56 Å². The third kappa shape index (κ3) is 3.08. The van der Waals surface area contributed by atoms with E-state index in [0.717, 1.165) is 15.9 Å². The molecule has 3 heterocycles. The minimum Gasteiger partial charge on any atom is -0.336 e. The van der Waals surface area contributed by atoms with E-state index >= 15 is 0 Å². The Morgan fingerprint density at radius 1 is 1.52 bits per heavy atom. The zero-order chi connectivity index (χ0) is 14.8. The Labute approximate surface area is 134 Å². The molecule has 1 aliphatic heterocycles. The topological polar surface area (TPSA) is 66.1 Å². The maximum Gasteiger partial charge on any atom is 0.254 e. The van der Waals surface area contributed by atoms with Crippen molar-refractivity contribution in [2.75, 3.05) is 6.54 Å². The molecule has 3 rings (SSSR count). The van der Waals surface area contributed by atoms with E-state index < -0.39 is 0 Å². The molecular weight excluding hydrogens is 354 g/mol. The molecule has 2 aromatic rings. The molecule has 0 aromatic carbocycles. The van der Waals surface area contributed by atoms with Gasteiger partial charge in [-0.05, 0) is 45.8 Å². The molecule has 0 saturated carbocycles. The highest BCUT2D eigenvalue weighted by atomic mass is 79.9. The van der Waals surface area contributed by atoms with Gasteiger partial charge in [-0.25, -0.2) is 4.98 Å². The highest BCUT2D eigenvalue weighted by Gasteiger charge is 2.23. The number of carbonyl (C=O) groups excluding carboxylic acids is 1. The number of halogens is 1. The average molecular weight is 368 g/mol. The number of nitrogens with one attached hydrogen (secondary N) is 1. The van der Waals surface area contributed by atoms with Crippen molar-refractivity contribution in [1.82, 2.24) is 14.9 Å². The van der Waals surface area contributed by atoms with Crippen LogP contribution in [0.25, 0.3) is 0 Å². The summed E-state index contributed by atoms with van der Waals surface area (Å²) >= 11 is 5.11. The minimum atomic E-state index is -0.0886. The fourth-order valence-corrected chi connectivity index (χ4v) is 3.80. The number of amides is 1. The molecule has 110 valence electrons. The van der Waals surface area contributed by atoms with Gasteiger partial charge in [0.2, 0.25) is 5.91 Å². The molecule has 1 N–H and O–H groups in total. The molecule has 0 aliphatic carbocycles. The molecule has 5 nitrogen and oxygen atoms in total. The Kier molecular flexibility index (Phi) is 4.21. The summed E-state index contributed by atoms with van der Waals surface area (Å²) in [6.45, 7) is 1.02. The molecule has 7 heteroatoms. The summed E-state index contributed by atoms with van der Waals surface area (Å²) < 4.78 is 1.09. The van der Waals surface area contributed by atoms with Gasteiger partial charge in [0.15, 0.2) is 0 Å². The normalized spacial score (nSPS) is 14.0. The fraction of sp³-hybridized carbons (Fsp3) is 0.357. The van der Waals surface area contributed by atoms with Crippen LogP contribution in [-0.2, 0) is 24.2 Å². The molecule has 0 unspecified atom stereocenters. The minimum absolute atomic E-state index is 0.0886. The van der Waals surface area contributed by atoms with E-state index in [1.807, 2.05) is 11.4 Å². The van der Waals surface area contributed by atoms with E-state index in [1.54, 1.807) is 16.2 Å². The first-order chi connectivity index (χ1) is 10.1. The third-order valence-electron chi connectivity index (χ3n) is 3.66. The molecule has 21 heavy (non-hydrogen) atoms. The Balaban J connectivity index is 1.65. The Bertz CT molecular complexity index is 725. The van der Waals surface area contributed by atoms with E-state index in [-0.39, 0.29) is 11.5 Å². The molecule has 0 radical (unpaired) electrons. The predicted octanol–water partition coefficient (Wildman–Crippen LogP) is 2.11. The molecule has 0 saturated heterocycles. The van der Waals surface area contributed by atoms with Gasteiger partial charge in [-0.15, -0.1) is 11.3 Å². The lowest BCUT2D eigenvalue weighted by molar-refractivity contribution is -0.132. The van der Waals surface area contributed by atoms with Crippen molar-refractivity contribution in [2.24, 2.45) is 0 Å². The number of rotatable bonds is 3. The van der Waals surface area contributed by atoms with E-state index in [9.17, 15) is 9.59 Å². The predicted molar refractivity (Wildman–Crippen MR) is 84.3 cm³/mol. The van der Waals surface area contributed by atoms with Gasteiger partial charge < -0.3 is 9.88 Å². The Hall–Kier alpha value is -1.47. The molecule has 0 spiro atoms. The smallest absolute Gasteiger partial charge is 0.254 e. The van der Waals surface area contributed by atoms with Crippen LogP contribution in [0, 0.1) is 0 Å². The van der Waals surface area contributed by atoms with E-state index in [4.69, 9.17) is 0 Å². The number of carbonyl (C=O) groups is 1. The first kappa shape index (κ1) is 14.5. The summed E-state index contributed by atoms with van der Waals surface area (Å²) in [6, 6.07) is 2.04. The van der Waals surface area contributed by atoms with Crippen molar-refractivity contribution in [3.63, 3.8) is 0 Å². The summed E-state index contributed by atoms with van der Waals surface area (Å²) in [4.78, 5) is 32.5. The summed E-state index contributed by atoms with van der Waals surface area (Å²) in [5, 5.41) is 2.01. The molecule has 0 bridgehead atoms. The van der Waals surface area contributed by atoms with Crippen molar-refractivity contribution in [3.05, 3.63) is 48.7 Å². The van der Waals surface area contributed by atoms with E-state index in [2.05, 4.69) is 25.9 Å². The standard InChI is InChI=1S/C14H14BrN3O2S/c15-13-9(4-6-21-13)1-2-12(19)18-5-3-10-11(7-18)16-8-17-14(10)20/h4,6,8H,1-3,5,7H2,(H,16,17,20). The van der Waals surface area contributed by atoms with Crippen molar-refractivity contribution in [2.45, 2.75) is 25.8 Å². The summed E-state index contributed by atoms with van der Waals surface area (Å²) in [5.41, 5.74) is 2.51. The number of aromatic nitrogens is 2. The van der Waals surface area contributed by atoms with Gasteiger partial charge in [0.05, 0.1) is 22.4 Å². The quantitative estimate of drug-likeness (QED) is 0.903. The lowest BCUT2D eigenvalue weighted by atomic mass is 10.1. The van der Waals surface area contributed by atoms with Gasteiger partial charge in [0.1, 0.15) is 0 Å². The second-order valence-corrected chi connectivity index (χ2v) is 7.18. The van der Waals surface area contributed by atoms with Crippen molar-refractivity contribution in [3.8, 4) is 0 Å². The Morgan fingerprint density at radius 3 is 3.14 bits per heavy atom. The van der Waals surface area contributed by atoms with Crippen LogP contribution in [0.1, 0.15) is 23.2 Å². The lowest BCUT2D eigenvalue weighted by Gasteiger charge is -2.27. The van der Waals surface area contributed by atoms with Crippen molar-refractivity contribution < 1.29 is 4.79 Å². The first-order valence-electron chi connectivity index (χ1n) is 6.70. The number of nitrogens with zero attached hydrogens (tertiary/aromatic N) is 2. The molecular formula is C14H14BrN3O2S. The zero-order valence-corrected chi connectivity index (χ0v) is 13.7. The maximum absolute atomic E-state index is 12.3. The Morgan fingerprint density at radius 2 is 2.38 bits per heavy atom. The van der Waals surface area contributed by atoms with Crippen molar-refractivity contribution >= 4 is 33.2 Å². The summed E-state index contributed by atoms with van der Waals surface area (Å²) in [6.07, 6.45) is 3.19. The second-order valence-electron chi connectivity index (χ2n) is 4.94. The first-order valence-corrected chi connectivity index (χ1v) is 8.37. The molecule has 1 aliphatic rings. The van der Waals surface area contributed by atoms with Gasteiger partial charge in [-0.1, -0.05) is 0 Å². The van der Waals surface area contributed by atoms with Gasteiger partial charge in [-0.3, -0.25) is 9.59 Å². The second kappa shape index (κ2) is 6.11. The van der Waals surface area contributed by atoms with Crippen LogP contribution in [0.5, 0.6) is 0 Å². The number of hydrogen-bond acceptors (Lipinski definition) is 4. The van der Waals surface area contributed by atoms with Crippen LogP contribution in [-0.4, -0.2) is 27.3 Å². The zero-order valence-electron chi connectivity index (χ0n) is 11.3. The SMILES string of the molecule is O=C(CCc1ccsc1Br)N1CCc2c(nc[nH]c2=O)C1. The summed E-state index contributed by atoms with van der Waals surface area (Å²) in [7, 11) is 0. The van der Waals surface area contributed by atoms with Crippen LogP contribution in [0.3, 0.4) is 0 Å². The third-order valence-corrected chi connectivity index (χ3v) is 5.48. The van der Waals surface area contributed by atoms with Gasteiger partial charge >= 0.3 is 0 Å². The van der Waals surface area contributed by atoms with Crippen LogP contribution >= 0.6 is 27.3 Å². The summed E-state index contributed by atoms with van der Waals surface area (Å²) in [5.74, 6) is 0.112. The van der Waals surface area contributed by atoms with Crippen LogP contribution in [0.4, 0.5) is 0 Å².